The smallest absolute Gasteiger partial charge is 0.232 e. The van der Waals surface area contributed by atoms with E-state index in [4.69, 9.17) is 0 Å². The highest BCUT2D eigenvalue weighted by Crippen LogP contribution is 2.21. The van der Waals surface area contributed by atoms with Gasteiger partial charge in [0.2, 0.25) is 5.91 Å². The SMILES string of the molecule is CN(C(=O)CSc1ccc(F)c(F)c1)C1CCNC1.Cl. The topological polar surface area (TPSA) is 32.3 Å². The Morgan fingerprint density at radius 2 is 2.20 bits per heavy atom. The predicted octanol–water partition coefficient (Wildman–Crippen LogP) is 2.30. The number of nitrogens with one attached hydrogen (secondary N) is 1. The Morgan fingerprint density at radius 3 is 2.80 bits per heavy atom. The second-order valence-electron chi connectivity index (χ2n) is 4.52. The minimum atomic E-state index is -0.884. The normalized spacial score (nSPS) is 17.6. The molecule has 0 saturated carbocycles. The standard InChI is InChI=1S/C13H16F2N2OS.ClH/c1-17(9-4-5-16-7-9)13(18)8-19-10-2-3-11(14)12(15)6-10;/h2-3,6,9,16H,4-5,7-8H2,1H3;1H. The van der Waals surface area contributed by atoms with E-state index in [1.165, 1.54) is 17.8 Å². The Morgan fingerprint density at radius 1 is 1.45 bits per heavy atom. The molecule has 0 radical (unpaired) electrons. The van der Waals surface area contributed by atoms with Crippen LogP contribution in [-0.2, 0) is 4.79 Å². The third-order valence-corrected chi connectivity index (χ3v) is 4.21. The van der Waals surface area contributed by atoms with Crippen LogP contribution in [0.4, 0.5) is 8.78 Å². The Bertz CT molecular complexity index is 470. The average Bonchev–Trinajstić information content (AvgIpc) is 2.93. The summed E-state index contributed by atoms with van der Waals surface area (Å²) < 4.78 is 25.8. The van der Waals surface area contributed by atoms with Gasteiger partial charge >= 0.3 is 0 Å². The maximum absolute atomic E-state index is 13.0. The van der Waals surface area contributed by atoms with Crippen molar-refractivity contribution in [1.82, 2.24) is 10.2 Å². The molecule has 1 saturated heterocycles. The van der Waals surface area contributed by atoms with Crippen molar-refractivity contribution < 1.29 is 13.6 Å². The maximum Gasteiger partial charge on any atom is 0.232 e. The van der Waals surface area contributed by atoms with Crippen LogP contribution >= 0.6 is 24.2 Å². The van der Waals surface area contributed by atoms with Crippen molar-refractivity contribution in [2.45, 2.75) is 17.4 Å². The molecule has 7 heteroatoms. The van der Waals surface area contributed by atoms with E-state index in [1.54, 1.807) is 11.9 Å². The zero-order valence-corrected chi connectivity index (χ0v) is 12.7. The largest absolute Gasteiger partial charge is 0.341 e. The lowest BCUT2D eigenvalue weighted by Gasteiger charge is -2.23. The molecule has 3 nitrogen and oxygen atoms in total. The second-order valence-corrected chi connectivity index (χ2v) is 5.56. The first-order valence-corrected chi connectivity index (χ1v) is 7.10. The van der Waals surface area contributed by atoms with Crippen molar-refractivity contribution in [2.24, 2.45) is 0 Å². The Kier molecular flexibility index (Phi) is 6.71. The summed E-state index contributed by atoms with van der Waals surface area (Å²) in [6, 6.07) is 3.91. The van der Waals surface area contributed by atoms with Crippen molar-refractivity contribution in [1.29, 1.82) is 0 Å². The van der Waals surface area contributed by atoms with Gasteiger partial charge in [0, 0.05) is 24.5 Å². The van der Waals surface area contributed by atoms with Crippen molar-refractivity contribution >= 4 is 30.1 Å². The van der Waals surface area contributed by atoms with E-state index in [2.05, 4.69) is 5.32 Å². The summed E-state index contributed by atoms with van der Waals surface area (Å²) in [5, 5.41) is 3.20. The van der Waals surface area contributed by atoms with E-state index in [0.717, 1.165) is 31.6 Å². The predicted molar refractivity (Wildman–Crippen MR) is 78.4 cm³/mol. The summed E-state index contributed by atoms with van der Waals surface area (Å²) in [6.07, 6.45) is 0.956. The van der Waals surface area contributed by atoms with Crippen LogP contribution in [0.15, 0.2) is 23.1 Å². The fraction of sp³-hybridized carbons (Fsp3) is 0.462. The van der Waals surface area contributed by atoms with Crippen LogP contribution in [0, 0.1) is 11.6 Å². The van der Waals surface area contributed by atoms with Crippen molar-refractivity contribution in [3.05, 3.63) is 29.8 Å². The van der Waals surface area contributed by atoms with E-state index in [9.17, 15) is 13.6 Å². The first-order valence-electron chi connectivity index (χ1n) is 6.12. The molecule has 1 aromatic rings. The van der Waals surface area contributed by atoms with E-state index >= 15 is 0 Å². The summed E-state index contributed by atoms with van der Waals surface area (Å²) >= 11 is 1.22. The number of carbonyl (C=O) groups is 1. The first-order chi connectivity index (χ1) is 9.08. The highest BCUT2D eigenvalue weighted by molar-refractivity contribution is 8.00. The molecule has 20 heavy (non-hydrogen) atoms. The minimum Gasteiger partial charge on any atom is -0.341 e. The van der Waals surface area contributed by atoms with Crippen molar-refractivity contribution in [2.75, 3.05) is 25.9 Å². The van der Waals surface area contributed by atoms with Crippen molar-refractivity contribution in [3.8, 4) is 0 Å². The highest BCUT2D eigenvalue weighted by Gasteiger charge is 2.22. The summed E-state index contributed by atoms with van der Waals surface area (Å²) in [7, 11) is 1.78. The molecule has 1 unspecified atom stereocenters. The van der Waals surface area contributed by atoms with Crippen LogP contribution in [0.1, 0.15) is 6.42 Å². The summed E-state index contributed by atoms with van der Waals surface area (Å²) in [5.41, 5.74) is 0. The van der Waals surface area contributed by atoms with Gasteiger partial charge in [0.25, 0.3) is 0 Å². The average molecular weight is 323 g/mol. The molecule has 1 aliphatic rings. The fourth-order valence-electron chi connectivity index (χ4n) is 1.99. The molecule has 0 spiro atoms. The van der Waals surface area contributed by atoms with Crippen LogP contribution in [0.3, 0.4) is 0 Å². The third-order valence-electron chi connectivity index (χ3n) is 3.23. The second kappa shape index (κ2) is 7.81. The molecule has 1 heterocycles. The lowest BCUT2D eigenvalue weighted by atomic mass is 10.2. The molecular formula is C13H17ClF2N2OS. The van der Waals surface area contributed by atoms with Crippen LogP contribution in [0.2, 0.25) is 0 Å². The lowest BCUT2D eigenvalue weighted by molar-refractivity contribution is -0.128. The molecule has 1 atom stereocenters. The fourth-order valence-corrected chi connectivity index (χ4v) is 2.83. The molecule has 0 bridgehead atoms. The molecule has 1 fully saturated rings. The van der Waals surface area contributed by atoms with E-state index in [1.807, 2.05) is 0 Å². The number of hydrogen-bond acceptors (Lipinski definition) is 3. The number of hydrogen-bond donors (Lipinski definition) is 1. The molecule has 1 amide bonds. The summed E-state index contributed by atoms with van der Waals surface area (Å²) in [5.74, 6) is -1.52. The zero-order chi connectivity index (χ0) is 13.8. The molecule has 112 valence electrons. The number of thioether (sulfide) groups is 1. The van der Waals surface area contributed by atoms with E-state index in [0.29, 0.717) is 4.90 Å². The van der Waals surface area contributed by atoms with Crippen LogP contribution in [0.5, 0.6) is 0 Å². The molecule has 0 aromatic heterocycles. The number of amides is 1. The number of halogens is 3. The lowest BCUT2D eigenvalue weighted by Crippen LogP contribution is -2.39. The van der Waals surface area contributed by atoms with Gasteiger partial charge in [0.15, 0.2) is 11.6 Å². The van der Waals surface area contributed by atoms with Gasteiger partial charge in [-0.25, -0.2) is 8.78 Å². The van der Waals surface area contributed by atoms with E-state index < -0.39 is 11.6 Å². The number of benzene rings is 1. The van der Waals surface area contributed by atoms with Gasteiger partial charge in [-0.1, -0.05) is 0 Å². The Balaban J connectivity index is 0.00000200. The first kappa shape index (κ1) is 17.2. The number of nitrogens with zero attached hydrogens (tertiary/aromatic N) is 1. The molecular weight excluding hydrogens is 306 g/mol. The quantitative estimate of drug-likeness (QED) is 0.863. The zero-order valence-electron chi connectivity index (χ0n) is 11.1. The van der Waals surface area contributed by atoms with Gasteiger partial charge in [0.1, 0.15) is 0 Å². The molecule has 1 aromatic carbocycles. The Labute approximate surface area is 127 Å². The minimum absolute atomic E-state index is 0. The van der Waals surface area contributed by atoms with Crippen LogP contribution < -0.4 is 5.32 Å². The summed E-state index contributed by atoms with van der Waals surface area (Å²) in [4.78, 5) is 14.3. The van der Waals surface area contributed by atoms with Crippen LogP contribution in [0.25, 0.3) is 0 Å². The van der Waals surface area contributed by atoms with E-state index in [-0.39, 0.29) is 30.1 Å². The molecule has 0 aliphatic carbocycles. The highest BCUT2D eigenvalue weighted by atomic mass is 35.5. The Hall–Kier alpha value is -0.850. The van der Waals surface area contributed by atoms with Gasteiger partial charge in [-0.3, -0.25) is 4.79 Å². The number of carbonyl (C=O) groups excluding carboxylic acids is 1. The molecule has 1 aliphatic heterocycles. The molecule has 2 rings (SSSR count). The van der Waals surface area contributed by atoms with Gasteiger partial charge in [-0.2, -0.15) is 0 Å². The third kappa shape index (κ3) is 4.33. The van der Waals surface area contributed by atoms with Gasteiger partial charge in [0.05, 0.1) is 5.75 Å². The number of rotatable bonds is 4. The van der Waals surface area contributed by atoms with Crippen LogP contribution in [-0.4, -0.2) is 42.7 Å². The monoisotopic (exact) mass is 322 g/mol. The number of likely N-dealkylation sites (N-methyl/N-ethyl adjacent to an activating group) is 1. The van der Waals surface area contributed by atoms with Gasteiger partial charge < -0.3 is 10.2 Å². The maximum atomic E-state index is 13.0. The molecule has 1 N–H and O–H groups in total. The van der Waals surface area contributed by atoms with Crippen molar-refractivity contribution in [3.63, 3.8) is 0 Å². The van der Waals surface area contributed by atoms with Gasteiger partial charge in [-0.05, 0) is 31.2 Å². The van der Waals surface area contributed by atoms with Gasteiger partial charge in [-0.15, -0.1) is 24.2 Å². The summed E-state index contributed by atoms with van der Waals surface area (Å²) in [6.45, 7) is 1.75.